The van der Waals surface area contributed by atoms with E-state index in [9.17, 15) is 24.7 Å². The van der Waals surface area contributed by atoms with E-state index in [1.165, 1.54) is 16.7 Å². The van der Waals surface area contributed by atoms with Crippen LogP contribution in [0.2, 0.25) is 4.34 Å². The maximum atomic E-state index is 12.8. The standard InChI is InChI=1S/C19H17ClN6O5S2/c20-15-12(24-19(21)33-15)13(25-31)16(27)23-11-9-1-2-10(14(18(29)30)26(9)17(11)28)32-7-8-3-5-22-6-4-8/h3-6,9,11,31H,1-2,7H2,(H2,21,24)(H,23,27)(H,29,30)/t9-,11+/m1/s1. The molecule has 2 atom stereocenters. The van der Waals surface area contributed by atoms with Gasteiger partial charge in [-0.2, -0.15) is 0 Å². The Balaban J connectivity index is 1.49. The van der Waals surface area contributed by atoms with Crippen LogP contribution in [0.4, 0.5) is 5.13 Å². The third kappa shape index (κ3) is 4.38. The minimum atomic E-state index is -1.21. The lowest BCUT2D eigenvalue weighted by atomic mass is 9.86. The summed E-state index contributed by atoms with van der Waals surface area (Å²) in [4.78, 5) is 47.1. The molecule has 0 bridgehead atoms. The molecule has 0 saturated carbocycles. The number of thiazole rings is 1. The molecule has 0 aliphatic carbocycles. The molecule has 5 N–H and O–H groups in total. The quantitative estimate of drug-likeness (QED) is 0.188. The van der Waals surface area contributed by atoms with Crippen molar-refractivity contribution in [1.82, 2.24) is 20.2 Å². The SMILES string of the molecule is Nc1nc(C(=NO)C(=O)N[C@@H]2C(=O)N3C(C(=O)O)=C(SCc4ccncc4)CC[C@H]23)c(Cl)s1. The number of allylic oxidation sites excluding steroid dienone is 1. The minimum Gasteiger partial charge on any atom is -0.477 e. The number of nitrogen functional groups attached to an aromatic ring is 1. The number of hydrogen-bond acceptors (Lipinski definition) is 10. The molecule has 0 radical (unpaired) electrons. The van der Waals surface area contributed by atoms with Crippen molar-refractivity contribution in [2.45, 2.75) is 30.7 Å². The van der Waals surface area contributed by atoms with E-state index in [-0.39, 0.29) is 20.9 Å². The Bertz CT molecular complexity index is 1180. The molecular weight excluding hydrogens is 492 g/mol. The smallest absolute Gasteiger partial charge is 0.353 e. The number of oxime groups is 1. The summed E-state index contributed by atoms with van der Waals surface area (Å²) in [7, 11) is 0. The summed E-state index contributed by atoms with van der Waals surface area (Å²) in [6.07, 6.45) is 4.21. The number of carboxylic acids is 1. The Hall–Kier alpha value is -3.16. The van der Waals surface area contributed by atoms with Gasteiger partial charge in [0.15, 0.2) is 10.8 Å². The van der Waals surface area contributed by atoms with Gasteiger partial charge in [0.2, 0.25) is 0 Å². The zero-order valence-electron chi connectivity index (χ0n) is 16.8. The molecule has 0 unspecified atom stereocenters. The van der Waals surface area contributed by atoms with Crippen LogP contribution >= 0.6 is 34.7 Å². The molecule has 4 rings (SSSR count). The molecule has 0 aromatic carbocycles. The number of carboxylic acid groups (broad SMARTS) is 1. The minimum absolute atomic E-state index is 0.0571. The third-order valence-electron chi connectivity index (χ3n) is 5.19. The summed E-state index contributed by atoms with van der Waals surface area (Å²) in [5.74, 6) is -2.11. The van der Waals surface area contributed by atoms with Crippen LogP contribution in [0.25, 0.3) is 0 Å². The number of nitrogens with two attached hydrogens (primary N) is 1. The third-order valence-corrected chi connectivity index (χ3v) is 7.49. The number of amides is 2. The first-order valence-electron chi connectivity index (χ1n) is 9.58. The molecule has 33 heavy (non-hydrogen) atoms. The van der Waals surface area contributed by atoms with E-state index >= 15 is 0 Å². The predicted octanol–water partition coefficient (Wildman–Crippen LogP) is 1.67. The van der Waals surface area contributed by atoms with E-state index in [0.29, 0.717) is 23.5 Å². The van der Waals surface area contributed by atoms with Crippen LogP contribution in [0.3, 0.4) is 0 Å². The highest BCUT2D eigenvalue weighted by Gasteiger charge is 2.53. The Kier molecular flexibility index (Phi) is 6.54. The highest BCUT2D eigenvalue weighted by molar-refractivity contribution is 8.02. The largest absolute Gasteiger partial charge is 0.477 e. The fourth-order valence-corrected chi connectivity index (χ4v) is 5.74. The van der Waals surface area contributed by atoms with Gasteiger partial charge in [0, 0.05) is 23.1 Å². The van der Waals surface area contributed by atoms with Crippen molar-refractivity contribution >= 4 is 63.3 Å². The van der Waals surface area contributed by atoms with Gasteiger partial charge in [0.1, 0.15) is 21.8 Å². The monoisotopic (exact) mass is 508 g/mol. The second kappa shape index (κ2) is 9.37. The Morgan fingerprint density at radius 3 is 2.73 bits per heavy atom. The number of rotatable bonds is 7. The number of hydrogen-bond donors (Lipinski definition) is 4. The van der Waals surface area contributed by atoms with Crippen molar-refractivity contribution < 1.29 is 24.7 Å². The maximum Gasteiger partial charge on any atom is 0.353 e. The van der Waals surface area contributed by atoms with Crippen molar-refractivity contribution in [2.24, 2.45) is 5.16 Å². The molecule has 1 fully saturated rings. The van der Waals surface area contributed by atoms with Crippen LogP contribution in [0.5, 0.6) is 0 Å². The fraction of sp³-hybridized carbons (Fsp3) is 0.263. The molecule has 4 heterocycles. The molecule has 1 saturated heterocycles. The Labute approximate surface area is 200 Å². The summed E-state index contributed by atoms with van der Waals surface area (Å²) in [5, 5.41) is 24.6. The molecule has 2 aromatic heterocycles. The first-order valence-corrected chi connectivity index (χ1v) is 11.8. The zero-order chi connectivity index (χ0) is 23.7. The van der Waals surface area contributed by atoms with E-state index in [1.54, 1.807) is 12.4 Å². The van der Waals surface area contributed by atoms with E-state index < -0.39 is 35.6 Å². The van der Waals surface area contributed by atoms with Gasteiger partial charge in [-0.25, -0.2) is 9.78 Å². The lowest BCUT2D eigenvalue weighted by Crippen LogP contribution is -2.72. The number of nitrogens with one attached hydrogen (secondary N) is 1. The number of β-lactam (4-membered cyclic amide) rings is 1. The van der Waals surface area contributed by atoms with Gasteiger partial charge in [-0.15, -0.1) is 11.8 Å². The van der Waals surface area contributed by atoms with Crippen molar-refractivity contribution in [3.05, 3.63) is 50.7 Å². The summed E-state index contributed by atoms with van der Waals surface area (Å²) < 4.78 is 0.0571. The van der Waals surface area contributed by atoms with Gasteiger partial charge in [-0.1, -0.05) is 28.1 Å². The van der Waals surface area contributed by atoms with Gasteiger partial charge >= 0.3 is 5.97 Å². The molecular formula is C19H17ClN6O5S2. The highest BCUT2D eigenvalue weighted by Crippen LogP contribution is 2.41. The van der Waals surface area contributed by atoms with Gasteiger partial charge in [-0.3, -0.25) is 19.5 Å². The van der Waals surface area contributed by atoms with E-state index in [2.05, 4.69) is 20.4 Å². The van der Waals surface area contributed by atoms with Gasteiger partial charge in [0.25, 0.3) is 11.8 Å². The summed E-state index contributed by atoms with van der Waals surface area (Å²) >= 11 is 8.24. The topological polar surface area (TPSA) is 171 Å². The normalized spacial score (nSPS) is 20.3. The number of fused-ring (bicyclic) bond motifs is 1. The van der Waals surface area contributed by atoms with Gasteiger partial charge in [0.05, 0.1) is 6.04 Å². The molecule has 2 aromatic rings. The van der Waals surface area contributed by atoms with Crippen molar-refractivity contribution in [3.63, 3.8) is 0 Å². The molecule has 172 valence electrons. The number of halogens is 1. The lowest BCUT2D eigenvalue weighted by molar-refractivity contribution is -0.155. The van der Waals surface area contributed by atoms with Gasteiger partial charge < -0.3 is 21.4 Å². The van der Waals surface area contributed by atoms with Crippen molar-refractivity contribution in [2.75, 3.05) is 5.73 Å². The molecule has 14 heteroatoms. The van der Waals surface area contributed by atoms with Crippen LogP contribution in [-0.4, -0.2) is 60.8 Å². The predicted molar refractivity (Wildman–Crippen MR) is 122 cm³/mol. The second-order valence-corrected chi connectivity index (χ2v) is 9.81. The molecule has 11 nitrogen and oxygen atoms in total. The Morgan fingerprint density at radius 2 is 2.12 bits per heavy atom. The van der Waals surface area contributed by atoms with E-state index in [1.807, 2.05) is 12.1 Å². The van der Waals surface area contributed by atoms with Gasteiger partial charge in [-0.05, 0) is 30.5 Å². The van der Waals surface area contributed by atoms with Crippen LogP contribution in [-0.2, 0) is 20.1 Å². The summed E-state index contributed by atoms with van der Waals surface area (Å²) in [6, 6.07) is 2.17. The number of carbonyl (C=O) groups is 3. The first-order chi connectivity index (χ1) is 15.8. The van der Waals surface area contributed by atoms with Crippen LogP contribution in [0, 0.1) is 0 Å². The average Bonchev–Trinajstić information content (AvgIpc) is 3.13. The first kappa shape index (κ1) is 23.0. The van der Waals surface area contributed by atoms with Crippen molar-refractivity contribution in [3.8, 4) is 0 Å². The van der Waals surface area contributed by atoms with E-state index in [0.717, 1.165) is 16.9 Å². The average molecular weight is 509 g/mol. The second-order valence-electron chi connectivity index (χ2n) is 7.11. The molecule has 2 aliphatic rings. The zero-order valence-corrected chi connectivity index (χ0v) is 19.2. The lowest BCUT2D eigenvalue weighted by Gasteiger charge is -2.50. The summed E-state index contributed by atoms with van der Waals surface area (Å²) in [5.41, 5.74) is 5.88. The number of pyridine rings is 1. The van der Waals surface area contributed by atoms with Crippen LogP contribution < -0.4 is 11.1 Å². The number of carbonyl (C=O) groups excluding carboxylic acids is 2. The number of nitrogens with zero attached hydrogens (tertiary/aromatic N) is 4. The van der Waals surface area contributed by atoms with E-state index in [4.69, 9.17) is 17.3 Å². The number of aliphatic carboxylic acids is 1. The summed E-state index contributed by atoms with van der Waals surface area (Å²) in [6.45, 7) is 0. The number of anilines is 1. The maximum absolute atomic E-state index is 12.8. The molecule has 0 spiro atoms. The Morgan fingerprint density at radius 1 is 1.39 bits per heavy atom. The molecule has 2 aliphatic heterocycles. The number of aromatic nitrogens is 2. The fourth-order valence-electron chi connectivity index (χ4n) is 3.69. The van der Waals surface area contributed by atoms with Crippen LogP contribution in [0.1, 0.15) is 24.1 Å². The van der Waals surface area contributed by atoms with Crippen LogP contribution in [0.15, 0.2) is 40.3 Å². The highest BCUT2D eigenvalue weighted by atomic mass is 35.5. The number of thioether (sulfide) groups is 1. The molecule has 2 amide bonds. The van der Waals surface area contributed by atoms with Crippen molar-refractivity contribution in [1.29, 1.82) is 0 Å².